The molecule has 10 nitrogen and oxygen atoms in total. The fraction of sp³-hybridized carbons (Fsp3) is 0.0750. The Hall–Kier alpha value is -6.81. The van der Waals surface area contributed by atoms with Crippen LogP contribution in [0.5, 0.6) is 17.2 Å². The summed E-state index contributed by atoms with van der Waals surface area (Å²) in [6.45, 7) is 0.316. The number of rotatable bonds is 12. The van der Waals surface area contributed by atoms with Crippen molar-refractivity contribution in [2.24, 2.45) is 0 Å². The smallest absolute Gasteiger partial charge is 0.335 e. The number of ether oxygens (including phenoxy) is 3. The third-order valence-corrected chi connectivity index (χ3v) is 7.91. The summed E-state index contributed by atoms with van der Waals surface area (Å²) in [7, 11) is 1.47. The molecule has 0 saturated heterocycles. The third kappa shape index (κ3) is 7.83. The van der Waals surface area contributed by atoms with Crippen molar-refractivity contribution in [2.45, 2.75) is 13.2 Å². The average Bonchev–Trinajstić information content (AvgIpc) is 3.14. The van der Waals surface area contributed by atoms with Crippen LogP contribution in [0.25, 0.3) is 10.8 Å². The maximum Gasteiger partial charge on any atom is 0.335 e. The first-order valence-electron chi connectivity index (χ1n) is 15.6. The van der Waals surface area contributed by atoms with Crippen LogP contribution in [-0.2, 0) is 13.2 Å². The van der Waals surface area contributed by atoms with Gasteiger partial charge in [-0.2, -0.15) is 0 Å². The maximum absolute atomic E-state index is 13.6. The van der Waals surface area contributed by atoms with Crippen molar-refractivity contribution in [1.29, 1.82) is 0 Å². The normalized spacial score (nSPS) is 10.7. The number of methoxy groups -OCH3 is 1. The van der Waals surface area contributed by atoms with Crippen LogP contribution < -0.4 is 30.6 Å². The Kier molecular flexibility index (Phi) is 9.90. The minimum absolute atomic E-state index is 0.00641. The van der Waals surface area contributed by atoms with E-state index < -0.39 is 17.8 Å². The molecule has 0 heterocycles. The average molecular weight is 668 g/mol. The van der Waals surface area contributed by atoms with Gasteiger partial charge in [-0.25, -0.2) is 4.79 Å². The Bertz CT molecular complexity index is 2200. The Balaban J connectivity index is 1.25. The van der Waals surface area contributed by atoms with Crippen LogP contribution in [0.15, 0.2) is 127 Å². The molecule has 0 radical (unpaired) electrons. The van der Waals surface area contributed by atoms with Gasteiger partial charge in [-0.3, -0.25) is 9.59 Å². The van der Waals surface area contributed by atoms with Crippen LogP contribution in [0.2, 0.25) is 0 Å². The van der Waals surface area contributed by atoms with Gasteiger partial charge in [0.25, 0.3) is 11.8 Å². The number of nitrogens with one attached hydrogen (secondary N) is 2. The van der Waals surface area contributed by atoms with Gasteiger partial charge < -0.3 is 35.7 Å². The summed E-state index contributed by atoms with van der Waals surface area (Å²) in [4.78, 5) is 38.6. The molecule has 5 N–H and O–H groups in total. The molecule has 0 aliphatic heterocycles. The van der Waals surface area contributed by atoms with Crippen molar-refractivity contribution >= 4 is 45.6 Å². The van der Waals surface area contributed by atoms with E-state index in [0.29, 0.717) is 22.7 Å². The van der Waals surface area contributed by atoms with E-state index in [4.69, 9.17) is 19.9 Å². The summed E-state index contributed by atoms with van der Waals surface area (Å²) in [6.07, 6.45) is 0. The molecule has 250 valence electrons. The minimum atomic E-state index is -1.13. The first-order valence-corrected chi connectivity index (χ1v) is 15.6. The lowest BCUT2D eigenvalue weighted by Crippen LogP contribution is -2.16. The molecule has 0 unspecified atom stereocenters. The molecule has 2 amide bonds. The van der Waals surface area contributed by atoms with Gasteiger partial charge in [0.2, 0.25) is 0 Å². The van der Waals surface area contributed by atoms with Crippen molar-refractivity contribution < 1.29 is 33.7 Å². The van der Waals surface area contributed by atoms with E-state index in [1.165, 1.54) is 37.4 Å². The molecule has 6 rings (SSSR count). The van der Waals surface area contributed by atoms with Gasteiger partial charge in [0.1, 0.15) is 30.5 Å². The van der Waals surface area contributed by atoms with Crippen molar-refractivity contribution in [3.8, 4) is 17.2 Å². The molecule has 0 fully saturated rings. The summed E-state index contributed by atoms with van der Waals surface area (Å²) in [6, 6.07) is 36.9. The molecule has 6 aromatic rings. The third-order valence-electron chi connectivity index (χ3n) is 7.91. The Morgan fingerprint density at radius 2 is 1.12 bits per heavy atom. The monoisotopic (exact) mass is 667 g/mol. The van der Waals surface area contributed by atoms with Gasteiger partial charge in [0.05, 0.1) is 29.7 Å². The molecule has 0 aliphatic rings. The first kappa shape index (κ1) is 33.1. The Morgan fingerprint density at radius 1 is 0.580 bits per heavy atom. The highest BCUT2D eigenvalue weighted by atomic mass is 16.5. The number of carboxylic acids is 1. The van der Waals surface area contributed by atoms with Gasteiger partial charge in [-0.15, -0.1) is 0 Å². The van der Waals surface area contributed by atoms with E-state index in [2.05, 4.69) is 10.6 Å². The molecular formula is C40H33N3O7. The van der Waals surface area contributed by atoms with Gasteiger partial charge in [-0.05, 0) is 82.6 Å². The highest BCUT2D eigenvalue weighted by Crippen LogP contribution is 2.32. The van der Waals surface area contributed by atoms with E-state index in [1.54, 1.807) is 24.3 Å². The van der Waals surface area contributed by atoms with Crippen LogP contribution >= 0.6 is 0 Å². The Labute approximate surface area is 288 Å². The highest BCUT2D eigenvalue weighted by molar-refractivity contribution is 6.08. The van der Waals surface area contributed by atoms with Crippen LogP contribution in [0.3, 0.4) is 0 Å². The number of anilines is 3. The first-order chi connectivity index (χ1) is 24.3. The number of hydrogen-bond acceptors (Lipinski definition) is 7. The largest absolute Gasteiger partial charge is 0.495 e. The number of nitrogens with two attached hydrogens (primary N) is 1. The zero-order valence-corrected chi connectivity index (χ0v) is 27.0. The SMILES string of the molecule is COc1cc(C(=O)Nc2ccc(C(=O)Nc3ccc(C(=O)O)cc3OCc3ccc4ccccc4c3)cc2OCc2ccccc2)ccc1N. The molecule has 0 atom stereocenters. The summed E-state index contributed by atoms with van der Waals surface area (Å²) in [5, 5.41) is 17.4. The molecule has 0 spiro atoms. The van der Waals surface area contributed by atoms with Gasteiger partial charge in [0.15, 0.2) is 0 Å². The number of amides is 2. The van der Waals surface area contributed by atoms with E-state index in [-0.39, 0.29) is 41.5 Å². The second kappa shape index (κ2) is 15.0. The van der Waals surface area contributed by atoms with Crippen LogP contribution in [0.1, 0.15) is 42.2 Å². The molecule has 0 aromatic heterocycles. The molecule has 10 heteroatoms. The van der Waals surface area contributed by atoms with Gasteiger partial charge in [-0.1, -0.05) is 66.7 Å². The lowest BCUT2D eigenvalue weighted by molar-refractivity contribution is 0.0696. The summed E-state index contributed by atoms with van der Waals surface area (Å²) in [5.41, 5.74) is 9.23. The van der Waals surface area contributed by atoms with E-state index >= 15 is 0 Å². The number of fused-ring (bicyclic) bond motifs is 1. The molecule has 0 aliphatic carbocycles. The molecule has 0 bridgehead atoms. The van der Waals surface area contributed by atoms with E-state index in [1.807, 2.05) is 72.8 Å². The van der Waals surface area contributed by atoms with Crippen LogP contribution in [-0.4, -0.2) is 30.0 Å². The second-order valence-electron chi connectivity index (χ2n) is 11.3. The predicted molar refractivity (Wildman–Crippen MR) is 192 cm³/mol. The highest BCUT2D eigenvalue weighted by Gasteiger charge is 2.18. The second-order valence-corrected chi connectivity index (χ2v) is 11.3. The minimum Gasteiger partial charge on any atom is -0.495 e. The van der Waals surface area contributed by atoms with Gasteiger partial charge in [0, 0.05) is 11.1 Å². The predicted octanol–water partition coefficient (Wildman–Crippen LogP) is 7.79. The zero-order valence-electron chi connectivity index (χ0n) is 27.0. The molecule has 0 saturated carbocycles. The molecule has 6 aromatic carbocycles. The maximum atomic E-state index is 13.6. The van der Waals surface area contributed by atoms with E-state index in [0.717, 1.165) is 21.9 Å². The molecular weight excluding hydrogens is 634 g/mol. The van der Waals surface area contributed by atoms with Crippen LogP contribution in [0.4, 0.5) is 17.1 Å². The quantitative estimate of drug-likeness (QED) is 0.0967. The van der Waals surface area contributed by atoms with Crippen molar-refractivity contribution in [1.82, 2.24) is 0 Å². The van der Waals surface area contributed by atoms with Crippen LogP contribution in [0, 0.1) is 0 Å². The standard InChI is InChI=1S/C40H33N3O7/c1-48-35-20-29(13-16-32(35)41)38(44)42-33-17-14-30(21-36(33)49-23-25-7-3-2-4-8-25)39(45)43-34-18-15-31(40(46)47)22-37(34)50-24-26-11-12-27-9-5-6-10-28(27)19-26/h2-22H,23-24,41H2,1H3,(H,42,44)(H,43,45)(H,46,47). The lowest BCUT2D eigenvalue weighted by atomic mass is 10.1. The van der Waals surface area contributed by atoms with Crippen molar-refractivity contribution in [3.63, 3.8) is 0 Å². The van der Waals surface area contributed by atoms with Gasteiger partial charge >= 0.3 is 5.97 Å². The van der Waals surface area contributed by atoms with Crippen molar-refractivity contribution in [2.75, 3.05) is 23.5 Å². The number of hydrogen-bond donors (Lipinski definition) is 4. The lowest BCUT2D eigenvalue weighted by Gasteiger charge is -2.16. The summed E-state index contributed by atoms with van der Waals surface area (Å²) >= 11 is 0. The number of aromatic carboxylic acids is 1. The summed E-state index contributed by atoms with van der Waals surface area (Å²) in [5.74, 6) is -1.26. The van der Waals surface area contributed by atoms with Crippen molar-refractivity contribution in [3.05, 3.63) is 155 Å². The fourth-order valence-electron chi connectivity index (χ4n) is 5.23. The number of nitrogen functional groups attached to an aromatic ring is 1. The Morgan fingerprint density at radius 3 is 1.76 bits per heavy atom. The number of carbonyl (C=O) groups is 3. The number of benzene rings is 6. The number of carbonyl (C=O) groups excluding carboxylic acids is 2. The zero-order chi connectivity index (χ0) is 35.0. The number of carboxylic acid groups (broad SMARTS) is 1. The fourth-order valence-corrected chi connectivity index (χ4v) is 5.23. The molecule has 50 heavy (non-hydrogen) atoms. The topological polar surface area (TPSA) is 149 Å². The van der Waals surface area contributed by atoms with E-state index in [9.17, 15) is 19.5 Å². The summed E-state index contributed by atoms with van der Waals surface area (Å²) < 4.78 is 17.4.